The van der Waals surface area contributed by atoms with Gasteiger partial charge in [-0.05, 0) is 40.0 Å². The summed E-state index contributed by atoms with van der Waals surface area (Å²) in [4.78, 5) is 67.3. The van der Waals surface area contributed by atoms with Crippen LogP contribution in [-0.2, 0) is 14.3 Å². The van der Waals surface area contributed by atoms with Gasteiger partial charge in [-0.2, -0.15) is 5.10 Å². The smallest absolute Gasteiger partial charge is 0.410 e. The Hall–Kier alpha value is -3.70. The molecule has 4 rings (SSSR count). The fourth-order valence-corrected chi connectivity index (χ4v) is 4.57. The highest BCUT2D eigenvalue weighted by atomic mass is 16.6. The zero-order valence-electron chi connectivity index (χ0n) is 20.8. The molecule has 194 valence electrons. The predicted octanol–water partition coefficient (Wildman–Crippen LogP) is 1.06. The molecule has 2 aliphatic heterocycles. The number of aromatic nitrogens is 3. The van der Waals surface area contributed by atoms with Crippen LogP contribution in [0.2, 0.25) is 0 Å². The van der Waals surface area contributed by atoms with Gasteiger partial charge in [0.2, 0.25) is 5.91 Å². The monoisotopic (exact) mass is 500 g/mol. The maximum Gasteiger partial charge on any atom is 0.410 e. The van der Waals surface area contributed by atoms with Gasteiger partial charge in [0.25, 0.3) is 11.5 Å². The second-order valence-corrected chi connectivity index (χ2v) is 10.3. The van der Waals surface area contributed by atoms with Gasteiger partial charge in [-0.25, -0.2) is 9.31 Å². The van der Waals surface area contributed by atoms with Crippen molar-refractivity contribution in [3.8, 4) is 0 Å². The molecule has 3 amide bonds. The molecular formula is C24H32N6O6. The molecule has 36 heavy (non-hydrogen) atoms. The average molecular weight is 501 g/mol. The van der Waals surface area contributed by atoms with E-state index in [0.717, 1.165) is 6.42 Å². The number of carbonyl (C=O) groups is 4. The summed E-state index contributed by atoms with van der Waals surface area (Å²) in [5.74, 6) is -0.914. The third-order valence-electron chi connectivity index (χ3n) is 6.33. The molecule has 2 aliphatic rings. The van der Waals surface area contributed by atoms with E-state index in [-0.39, 0.29) is 53.6 Å². The van der Waals surface area contributed by atoms with Crippen LogP contribution in [0.5, 0.6) is 0 Å². The fourth-order valence-electron chi connectivity index (χ4n) is 4.57. The van der Waals surface area contributed by atoms with E-state index < -0.39 is 11.5 Å². The van der Waals surface area contributed by atoms with Gasteiger partial charge in [-0.1, -0.05) is 0 Å². The Morgan fingerprint density at radius 1 is 1.17 bits per heavy atom. The van der Waals surface area contributed by atoms with E-state index in [0.29, 0.717) is 44.6 Å². The van der Waals surface area contributed by atoms with Crippen molar-refractivity contribution in [1.29, 1.82) is 0 Å². The van der Waals surface area contributed by atoms with E-state index in [1.54, 1.807) is 4.90 Å². The lowest BCUT2D eigenvalue weighted by molar-refractivity contribution is -0.132. The lowest BCUT2D eigenvalue weighted by Crippen LogP contribution is -2.41. The summed E-state index contributed by atoms with van der Waals surface area (Å²) in [5.41, 5.74) is 0.0946. The van der Waals surface area contributed by atoms with Gasteiger partial charge in [0.1, 0.15) is 16.8 Å². The first-order valence-electron chi connectivity index (χ1n) is 12.2. The summed E-state index contributed by atoms with van der Waals surface area (Å²) < 4.78 is 6.98. The standard InChI is InChI=1S/C24H32N6O6/c1-24(2,3)36-23(35)28-9-6-15(7-10-28)18-11-19(32)27-21-17(13-26-30(18)21)22(34)25-12-16(31)14-29-8-4-5-20(29)33/h11,13,15H,4-10,12,14H2,1-3H3,(H,25,34)(H,27,32). The van der Waals surface area contributed by atoms with Crippen molar-refractivity contribution in [3.05, 3.63) is 33.9 Å². The van der Waals surface area contributed by atoms with Crippen molar-refractivity contribution in [3.63, 3.8) is 0 Å². The summed E-state index contributed by atoms with van der Waals surface area (Å²) in [6, 6.07) is 1.46. The van der Waals surface area contributed by atoms with Crippen LogP contribution in [0.15, 0.2) is 17.1 Å². The van der Waals surface area contributed by atoms with Gasteiger partial charge < -0.3 is 24.8 Å². The van der Waals surface area contributed by atoms with Crippen LogP contribution in [0, 0.1) is 0 Å². The lowest BCUT2D eigenvalue weighted by Gasteiger charge is -2.33. The van der Waals surface area contributed by atoms with Crippen LogP contribution in [0.3, 0.4) is 0 Å². The molecule has 12 nitrogen and oxygen atoms in total. The number of rotatable bonds is 6. The van der Waals surface area contributed by atoms with Crippen LogP contribution >= 0.6 is 0 Å². The molecule has 0 saturated carbocycles. The van der Waals surface area contributed by atoms with Crippen molar-refractivity contribution in [2.45, 2.75) is 58.0 Å². The van der Waals surface area contributed by atoms with Gasteiger partial charge in [0.15, 0.2) is 5.78 Å². The van der Waals surface area contributed by atoms with Crippen LogP contribution in [0.4, 0.5) is 4.79 Å². The molecule has 2 N–H and O–H groups in total. The molecule has 2 fully saturated rings. The summed E-state index contributed by atoms with van der Waals surface area (Å²) in [6.45, 7) is 6.70. The molecule has 2 aromatic heterocycles. The Kier molecular flexibility index (Phi) is 7.14. The SMILES string of the molecule is CC(C)(C)OC(=O)N1CCC(c2cc(=O)[nH]c3c(C(=O)NCC(=O)CN4CCCC4=O)cnn23)CC1. The van der Waals surface area contributed by atoms with E-state index in [9.17, 15) is 24.0 Å². The highest BCUT2D eigenvalue weighted by molar-refractivity contribution is 6.01. The highest BCUT2D eigenvalue weighted by Gasteiger charge is 2.30. The van der Waals surface area contributed by atoms with Crippen molar-refractivity contribution < 1.29 is 23.9 Å². The number of hydrogen-bond donors (Lipinski definition) is 2. The first-order chi connectivity index (χ1) is 17.0. The summed E-state index contributed by atoms with van der Waals surface area (Å²) in [7, 11) is 0. The molecule has 0 aromatic carbocycles. The Balaban J connectivity index is 1.42. The summed E-state index contributed by atoms with van der Waals surface area (Å²) in [6.07, 6.45) is 3.40. The number of amides is 3. The van der Waals surface area contributed by atoms with Crippen LogP contribution in [0.25, 0.3) is 5.65 Å². The first-order valence-corrected chi connectivity index (χ1v) is 12.2. The van der Waals surface area contributed by atoms with Gasteiger partial charge in [-0.15, -0.1) is 0 Å². The van der Waals surface area contributed by atoms with Crippen molar-refractivity contribution in [2.75, 3.05) is 32.7 Å². The Morgan fingerprint density at radius 2 is 1.89 bits per heavy atom. The number of piperidine rings is 1. The van der Waals surface area contributed by atoms with E-state index in [1.165, 1.54) is 21.7 Å². The molecule has 0 atom stereocenters. The van der Waals surface area contributed by atoms with Crippen LogP contribution in [0.1, 0.15) is 68.4 Å². The van der Waals surface area contributed by atoms with Crippen LogP contribution in [-0.4, -0.2) is 86.4 Å². The largest absolute Gasteiger partial charge is 0.444 e. The normalized spacial score (nSPS) is 17.0. The number of ketones is 1. The third-order valence-corrected chi connectivity index (χ3v) is 6.33. The number of carbonyl (C=O) groups excluding carboxylic acids is 4. The maximum atomic E-state index is 12.8. The Labute approximate surface area is 208 Å². The number of H-pyrrole nitrogens is 1. The number of hydrogen-bond acceptors (Lipinski definition) is 7. The molecule has 2 aromatic rings. The molecule has 4 heterocycles. The first kappa shape index (κ1) is 25.4. The van der Waals surface area contributed by atoms with Gasteiger partial charge >= 0.3 is 6.09 Å². The molecule has 0 aliphatic carbocycles. The van der Waals surface area contributed by atoms with E-state index in [4.69, 9.17) is 4.74 Å². The zero-order valence-corrected chi connectivity index (χ0v) is 20.8. The summed E-state index contributed by atoms with van der Waals surface area (Å²) >= 11 is 0. The third kappa shape index (κ3) is 5.74. The lowest BCUT2D eigenvalue weighted by atomic mass is 9.93. The zero-order chi connectivity index (χ0) is 26.0. The van der Waals surface area contributed by atoms with E-state index >= 15 is 0 Å². The van der Waals surface area contributed by atoms with Crippen molar-refractivity contribution in [1.82, 2.24) is 29.7 Å². The van der Waals surface area contributed by atoms with Crippen molar-refractivity contribution >= 4 is 29.3 Å². The topological polar surface area (TPSA) is 146 Å². The minimum Gasteiger partial charge on any atom is -0.444 e. The molecular weight excluding hydrogens is 468 g/mol. The number of Topliss-reactive ketones (excluding diaryl/α,β-unsaturated/α-hetero) is 1. The molecule has 12 heteroatoms. The number of fused-ring (bicyclic) bond motifs is 1. The number of nitrogens with zero attached hydrogens (tertiary/aromatic N) is 4. The Bertz CT molecular complexity index is 1230. The number of likely N-dealkylation sites (tertiary alicyclic amines) is 2. The van der Waals surface area contributed by atoms with Gasteiger partial charge in [-0.3, -0.25) is 19.2 Å². The fraction of sp³-hybridized carbons (Fsp3) is 0.583. The number of nitrogens with one attached hydrogen (secondary N) is 2. The van der Waals surface area contributed by atoms with Crippen LogP contribution < -0.4 is 10.9 Å². The van der Waals surface area contributed by atoms with Crippen molar-refractivity contribution in [2.24, 2.45) is 0 Å². The summed E-state index contributed by atoms with van der Waals surface area (Å²) in [5, 5.41) is 6.88. The second-order valence-electron chi connectivity index (χ2n) is 10.3. The number of aromatic amines is 1. The molecule has 0 radical (unpaired) electrons. The van der Waals surface area contributed by atoms with Gasteiger partial charge in [0.05, 0.1) is 25.0 Å². The maximum absolute atomic E-state index is 12.8. The minimum atomic E-state index is -0.574. The average Bonchev–Trinajstić information content (AvgIpc) is 3.42. The highest BCUT2D eigenvalue weighted by Crippen LogP contribution is 2.28. The van der Waals surface area contributed by atoms with E-state index in [1.807, 2.05) is 20.8 Å². The molecule has 0 unspecified atom stereocenters. The predicted molar refractivity (Wildman–Crippen MR) is 129 cm³/mol. The number of ether oxygens (including phenoxy) is 1. The molecule has 2 saturated heterocycles. The molecule has 0 bridgehead atoms. The second kappa shape index (κ2) is 10.1. The Morgan fingerprint density at radius 3 is 2.53 bits per heavy atom. The minimum absolute atomic E-state index is 0.0309. The van der Waals surface area contributed by atoms with Gasteiger partial charge in [0, 0.05) is 38.0 Å². The quantitative estimate of drug-likeness (QED) is 0.603. The van der Waals surface area contributed by atoms with E-state index in [2.05, 4.69) is 15.4 Å². The molecule has 0 spiro atoms.